The summed E-state index contributed by atoms with van der Waals surface area (Å²) in [6.07, 6.45) is 15.7. The van der Waals surface area contributed by atoms with Crippen molar-refractivity contribution < 1.29 is 9.18 Å². The fraction of sp³-hybridized carbons (Fsp3) is 0.310. The molecule has 3 aromatic heterocycles. The van der Waals surface area contributed by atoms with Crippen LogP contribution in [0.1, 0.15) is 44.2 Å². The molecule has 0 spiro atoms. The summed E-state index contributed by atoms with van der Waals surface area (Å²) < 4.78 is 15.3. The Morgan fingerprint density at radius 2 is 1.90 bits per heavy atom. The molecule has 198 valence electrons. The molecule has 1 amide bonds. The largest absolute Gasteiger partial charge is 0.370 e. The zero-order valence-electron chi connectivity index (χ0n) is 21.4. The van der Waals surface area contributed by atoms with Gasteiger partial charge in [0.25, 0.3) is 0 Å². The first-order valence-electron chi connectivity index (χ1n) is 13.6. The van der Waals surface area contributed by atoms with Crippen LogP contribution in [0.3, 0.4) is 0 Å². The number of imidazole rings is 1. The van der Waals surface area contributed by atoms with Gasteiger partial charge in [-0.1, -0.05) is 6.42 Å². The van der Waals surface area contributed by atoms with E-state index >= 15 is 4.39 Å². The number of pyridine rings is 1. The van der Waals surface area contributed by atoms with Crippen molar-refractivity contribution in [2.75, 3.05) is 23.7 Å². The van der Waals surface area contributed by atoms with E-state index in [1.54, 1.807) is 12.4 Å². The number of likely N-dealkylation sites (tertiary alicyclic amines) is 1. The van der Waals surface area contributed by atoms with Crippen LogP contribution in [0.4, 0.5) is 15.9 Å². The van der Waals surface area contributed by atoms with E-state index in [9.17, 15) is 4.79 Å². The molecule has 10 heteroatoms. The molecule has 7 rings (SSSR count). The number of piperidine rings is 1. The molecule has 2 aliphatic heterocycles. The van der Waals surface area contributed by atoms with Gasteiger partial charge in [0, 0.05) is 42.4 Å². The summed E-state index contributed by atoms with van der Waals surface area (Å²) in [4.78, 5) is 27.4. The highest BCUT2D eigenvalue weighted by Crippen LogP contribution is 2.36. The van der Waals surface area contributed by atoms with Crippen LogP contribution in [0, 0.1) is 11.7 Å². The number of anilines is 2. The highest BCUT2D eigenvalue weighted by Gasteiger charge is 2.26. The lowest BCUT2D eigenvalue weighted by atomic mass is 9.85. The molecule has 3 aliphatic rings. The molecular weight excluding hydrogens is 495 g/mol. The number of aromatic amines is 2. The van der Waals surface area contributed by atoms with Crippen LogP contribution in [-0.2, 0) is 4.79 Å². The predicted octanol–water partition coefficient (Wildman–Crippen LogP) is 5.66. The van der Waals surface area contributed by atoms with Crippen LogP contribution in [0.25, 0.3) is 39.2 Å². The zero-order valence-corrected chi connectivity index (χ0v) is 21.4. The number of nitrogens with zero attached hydrogens (tertiary/aromatic N) is 4. The lowest BCUT2D eigenvalue weighted by molar-refractivity contribution is -0.122. The van der Waals surface area contributed by atoms with Crippen molar-refractivity contribution in [3.8, 4) is 22.6 Å². The molecule has 1 saturated heterocycles. The second kappa shape index (κ2) is 9.68. The van der Waals surface area contributed by atoms with Gasteiger partial charge >= 0.3 is 0 Å². The van der Waals surface area contributed by atoms with Gasteiger partial charge < -0.3 is 20.5 Å². The third-order valence-electron chi connectivity index (χ3n) is 7.89. The Morgan fingerprint density at radius 1 is 1.03 bits per heavy atom. The van der Waals surface area contributed by atoms with Crippen LogP contribution in [0.5, 0.6) is 0 Å². The molecule has 4 N–H and O–H groups in total. The number of rotatable bonds is 5. The van der Waals surface area contributed by atoms with Gasteiger partial charge in [0.05, 0.1) is 17.6 Å². The monoisotopic (exact) mass is 524 g/mol. The summed E-state index contributed by atoms with van der Waals surface area (Å²) in [5.41, 5.74) is 4.77. The summed E-state index contributed by atoms with van der Waals surface area (Å²) in [6.45, 7) is 2.01. The standard InChI is InChI=1S/C29H29FN8O/c30-22-14-18(19-12-20(16-31-15-19)33-29(39)17-6-4-7-17)13-21-24(22)36-37-25(21)28-34-26-23(38-10-2-1-3-11-38)8-5-9-32-27(26)35-28/h5,8-9,12-17,32H,1-4,6-7,10-11H2,(H,33,39)(H,34,35)(H,36,37). The Bertz CT molecular complexity index is 1620. The highest BCUT2D eigenvalue weighted by molar-refractivity contribution is 5.96. The number of amides is 1. The summed E-state index contributed by atoms with van der Waals surface area (Å²) >= 11 is 0. The Balaban J connectivity index is 1.24. The maximum Gasteiger partial charge on any atom is 0.227 e. The second-order valence-corrected chi connectivity index (χ2v) is 10.4. The maximum atomic E-state index is 15.3. The number of carbonyl (C=O) groups is 1. The number of hydrogen-bond donors (Lipinski definition) is 4. The molecule has 2 fully saturated rings. The Morgan fingerprint density at radius 3 is 2.72 bits per heavy atom. The van der Waals surface area contributed by atoms with Crippen LogP contribution in [0.2, 0.25) is 0 Å². The normalized spacial score (nSPS) is 17.3. The van der Waals surface area contributed by atoms with Gasteiger partial charge in [0.1, 0.15) is 16.9 Å². The smallest absolute Gasteiger partial charge is 0.227 e. The lowest BCUT2D eigenvalue weighted by Crippen LogP contribution is -2.28. The number of benzene rings is 1. The van der Waals surface area contributed by atoms with Crippen LogP contribution >= 0.6 is 0 Å². The van der Waals surface area contributed by atoms with Gasteiger partial charge in [-0.15, -0.1) is 0 Å². The quantitative estimate of drug-likeness (QED) is 0.268. The van der Waals surface area contributed by atoms with Crippen LogP contribution in [-0.4, -0.2) is 49.0 Å². The van der Waals surface area contributed by atoms with Crippen molar-refractivity contribution in [2.45, 2.75) is 38.5 Å². The number of halogens is 1. The van der Waals surface area contributed by atoms with Crippen molar-refractivity contribution in [2.24, 2.45) is 5.92 Å². The summed E-state index contributed by atoms with van der Waals surface area (Å²) in [7, 11) is 0. The van der Waals surface area contributed by atoms with Crippen molar-refractivity contribution in [3.05, 3.63) is 60.5 Å². The number of hydrogen-bond acceptors (Lipinski definition) is 6. The van der Waals surface area contributed by atoms with Gasteiger partial charge in [-0.05, 0) is 68.0 Å². The molecule has 1 aromatic carbocycles. The van der Waals surface area contributed by atoms with Gasteiger partial charge in [-0.2, -0.15) is 5.10 Å². The minimum Gasteiger partial charge on any atom is -0.370 e. The summed E-state index contributed by atoms with van der Waals surface area (Å²) in [5.74, 6) is 0.919. The average Bonchev–Trinajstić information content (AvgIpc) is 3.48. The second-order valence-electron chi connectivity index (χ2n) is 10.4. The molecule has 0 atom stereocenters. The minimum absolute atomic E-state index is 0.0120. The molecule has 0 radical (unpaired) electrons. The third kappa shape index (κ3) is 4.35. The van der Waals surface area contributed by atoms with E-state index in [-0.39, 0.29) is 17.3 Å². The number of fused-ring (bicyclic) bond motifs is 2. The molecule has 0 bridgehead atoms. The van der Waals surface area contributed by atoms with E-state index in [4.69, 9.17) is 4.98 Å². The number of aromatic nitrogens is 5. The Labute approximate surface area is 224 Å². The van der Waals surface area contributed by atoms with E-state index in [0.717, 1.165) is 43.7 Å². The van der Waals surface area contributed by atoms with Crippen molar-refractivity contribution in [1.29, 1.82) is 0 Å². The molecular formula is C29H29FN8O. The Hall–Kier alpha value is -4.47. The fourth-order valence-electron chi connectivity index (χ4n) is 5.53. The molecule has 5 heterocycles. The van der Waals surface area contributed by atoms with E-state index < -0.39 is 5.82 Å². The van der Waals surface area contributed by atoms with Gasteiger partial charge in [-0.25, -0.2) is 9.37 Å². The molecule has 1 saturated carbocycles. The van der Waals surface area contributed by atoms with Gasteiger partial charge in [0.15, 0.2) is 17.5 Å². The average molecular weight is 525 g/mol. The van der Waals surface area contributed by atoms with Crippen LogP contribution in [0.15, 0.2) is 48.9 Å². The third-order valence-corrected chi connectivity index (χ3v) is 7.89. The number of nitrogens with one attached hydrogen (secondary N) is 4. The molecule has 0 unspecified atom stereocenters. The first kappa shape index (κ1) is 23.6. The number of H-pyrrole nitrogens is 2. The van der Waals surface area contributed by atoms with Crippen molar-refractivity contribution in [1.82, 2.24) is 30.0 Å². The fourth-order valence-corrected chi connectivity index (χ4v) is 5.53. The van der Waals surface area contributed by atoms with Gasteiger partial charge in [0.2, 0.25) is 5.91 Å². The van der Waals surface area contributed by atoms with Gasteiger partial charge in [-0.3, -0.25) is 14.9 Å². The molecule has 1 aliphatic carbocycles. The Kier molecular flexibility index (Phi) is 5.87. The van der Waals surface area contributed by atoms with Crippen molar-refractivity contribution in [3.63, 3.8) is 0 Å². The van der Waals surface area contributed by atoms with E-state index in [1.165, 1.54) is 25.3 Å². The summed E-state index contributed by atoms with van der Waals surface area (Å²) in [6, 6.07) is 5.15. The minimum atomic E-state index is -0.447. The zero-order chi connectivity index (χ0) is 26.3. The number of allylic oxidation sites excluding steroid dienone is 2. The molecule has 39 heavy (non-hydrogen) atoms. The summed E-state index contributed by atoms with van der Waals surface area (Å²) in [5, 5.41) is 14.1. The topological polar surface area (TPSA) is 115 Å². The molecule has 9 nitrogen and oxygen atoms in total. The van der Waals surface area contributed by atoms with Crippen molar-refractivity contribution >= 4 is 34.0 Å². The highest BCUT2D eigenvalue weighted by atomic mass is 19.1. The van der Waals surface area contributed by atoms with Crippen LogP contribution < -0.4 is 10.6 Å². The maximum absolute atomic E-state index is 15.3. The van der Waals surface area contributed by atoms with E-state index in [2.05, 4.69) is 41.8 Å². The predicted molar refractivity (Wildman–Crippen MR) is 149 cm³/mol. The first-order chi connectivity index (χ1) is 19.1. The first-order valence-corrected chi connectivity index (χ1v) is 13.6. The lowest BCUT2D eigenvalue weighted by Gasteiger charge is -2.30. The van der Waals surface area contributed by atoms with E-state index in [0.29, 0.717) is 39.5 Å². The molecule has 4 aromatic rings. The van der Waals surface area contributed by atoms with E-state index in [1.807, 2.05) is 24.4 Å². The number of carbonyl (C=O) groups excluding carboxylic acids is 1. The SMILES string of the molecule is O=C(Nc1cncc(-c2cc(F)c3n[nH]c(-c4nc5c([nH]4)C(N4CCCCC4)=CC=CN5)c3c2)c1)C1CCC1.